The molecular weight excluding hydrogens is 380 g/mol. The Morgan fingerprint density at radius 2 is 2.24 bits per heavy atom. The standard InChI is InChI=1S/C22H30N6S/c1-3-24-22(27-13-10-17(2)19(15-27)28-14-12-23-16-28)25-11-6-9-21-26-18-7-4-5-8-20(18)29-21/h4-5,7-8,12,14,16-17,19H,3,6,9-11,13,15H2,1-2H3,(H,24,25). The van der Waals surface area contributed by atoms with Crippen LogP contribution in [0.5, 0.6) is 0 Å². The number of benzene rings is 1. The van der Waals surface area contributed by atoms with Gasteiger partial charge in [0.15, 0.2) is 5.96 Å². The summed E-state index contributed by atoms with van der Waals surface area (Å²) < 4.78 is 3.51. The van der Waals surface area contributed by atoms with Crippen LogP contribution in [0.4, 0.5) is 0 Å². The maximum absolute atomic E-state index is 4.93. The minimum absolute atomic E-state index is 0.442. The topological polar surface area (TPSA) is 58.3 Å². The van der Waals surface area contributed by atoms with E-state index in [1.807, 2.05) is 12.5 Å². The lowest BCUT2D eigenvalue weighted by atomic mass is 9.93. The van der Waals surface area contributed by atoms with Crippen molar-refractivity contribution in [3.05, 3.63) is 48.0 Å². The zero-order chi connectivity index (χ0) is 20.1. The molecule has 0 saturated carbocycles. The van der Waals surface area contributed by atoms with Crippen LogP contribution >= 0.6 is 11.3 Å². The summed E-state index contributed by atoms with van der Waals surface area (Å²) in [6, 6.07) is 8.80. The van der Waals surface area contributed by atoms with Crippen molar-refractivity contribution in [1.29, 1.82) is 0 Å². The lowest BCUT2D eigenvalue weighted by Gasteiger charge is -2.39. The largest absolute Gasteiger partial charge is 0.357 e. The minimum Gasteiger partial charge on any atom is -0.357 e. The number of piperidine rings is 1. The molecule has 3 aromatic rings. The third-order valence-corrected chi connectivity index (χ3v) is 6.71. The van der Waals surface area contributed by atoms with E-state index in [0.29, 0.717) is 12.0 Å². The molecule has 29 heavy (non-hydrogen) atoms. The van der Waals surface area contributed by atoms with Crippen molar-refractivity contribution in [3.8, 4) is 0 Å². The lowest BCUT2D eigenvalue weighted by molar-refractivity contribution is 0.189. The minimum atomic E-state index is 0.442. The molecule has 2 aromatic heterocycles. The van der Waals surface area contributed by atoms with Crippen LogP contribution < -0.4 is 5.32 Å². The molecule has 1 aliphatic rings. The number of nitrogens with one attached hydrogen (secondary N) is 1. The van der Waals surface area contributed by atoms with Gasteiger partial charge in [-0.2, -0.15) is 0 Å². The van der Waals surface area contributed by atoms with E-state index in [-0.39, 0.29) is 0 Å². The first-order valence-electron chi connectivity index (χ1n) is 10.6. The normalized spacial score (nSPS) is 20.3. The van der Waals surface area contributed by atoms with Gasteiger partial charge in [-0.25, -0.2) is 9.97 Å². The lowest BCUT2D eigenvalue weighted by Crippen LogP contribution is -2.49. The highest BCUT2D eigenvalue weighted by Crippen LogP contribution is 2.27. The van der Waals surface area contributed by atoms with Gasteiger partial charge >= 0.3 is 0 Å². The van der Waals surface area contributed by atoms with Crippen LogP contribution in [0.1, 0.15) is 37.7 Å². The Kier molecular flexibility index (Phi) is 6.44. The van der Waals surface area contributed by atoms with E-state index in [2.05, 4.69) is 64.1 Å². The Hall–Kier alpha value is -2.41. The predicted octanol–water partition coefficient (Wildman–Crippen LogP) is 3.97. The summed E-state index contributed by atoms with van der Waals surface area (Å²) >= 11 is 1.80. The van der Waals surface area contributed by atoms with Crippen LogP contribution in [0.2, 0.25) is 0 Å². The van der Waals surface area contributed by atoms with Gasteiger partial charge in [0, 0.05) is 45.0 Å². The number of aliphatic imine (C=N–C) groups is 1. The second-order valence-corrected chi connectivity index (χ2v) is 8.82. The summed E-state index contributed by atoms with van der Waals surface area (Å²) in [6.45, 7) is 8.20. The number of hydrogen-bond donors (Lipinski definition) is 1. The maximum atomic E-state index is 4.93. The zero-order valence-corrected chi connectivity index (χ0v) is 18.1. The highest BCUT2D eigenvalue weighted by Gasteiger charge is 2.28. The number of imidazole rings is 1. The van der Waals surface area contributed by atoms with Gasteiger partial charge in [0.2, 0.25) is 0 Å². The van der Waals surface area contributed by atoms with E-state index >= 15 is 0 Å². The second-order valence-electron chi connectivity index (χ2n) is 7.70. The number of guanidine groups is 1. The Bertz CT molecular complexity index is 899. The molecule has 0 amide bonds. The molecule has 1 N–H and O–H groups in total. The fourth-order valence-electron chi connectivity index (χ4n) is 3.96. The van der Waals surface area contributed by atoms with Gasteiger partial charge in [0.05, 0.1) is 27.6 Å². The van der Waals surface area contributed by atoms with Crippen LogP contribution in [0, 0.1) is 5.92 Å². The van der Waals surface area contributed by atoms with Crippen LogP contribution in [0.3, 0.4) is 0 Å². The van der Waals surface area contributed by atoms with Gasteiger partial charge < -0.3 is 14.8 Å². The van der Waals surface area contributed by atoms with Crippen molar-refractivity contribution in [2.24, 2.45) is 10.9 Å². The van der Waals surface area contributed by atoms with E-state index in [1.165, 1.54) is 16.1 Å². The van der Waals surface area contributed by atoms with Gasteiger partial charge in [-0.1, -0.05) is 19.1 Å². The molecule has 0 aliphatic carbocycles. The molecule has 4 rings (SSSR count). The SMILES string of the molecule is CCNC(=NCCCc1nc2ccccc2s1)N1CCC(C)C(n2ccnc2)C1. The summed E-state index contributed by atoms with van der Waals surface area (Å²) in [7, 11) is 0. The third kappa shape index (κ3) is 4.78. The highest BCUT2D eigenvalue weighted by molar-refractivity contribution is 7.18. The summed E-state index contributed by atoms with van der Waals surface area (Å²) in [5.41, 5.74) is 1.11. The Morgan fingerprint density at radius 3 is 3.03 bits per heavy atom. The molecule has 2 unspecified atom stereocenters. The van der Waals surface area contributed by atoms with Crippen molar-refractivity contribution in [1.82, 2.24) is 24.8 Å². The van der Waals surface area contributed by atoms with E-state index in [1.54, 1.807) is 11.3 Å². The van der Waals surface area contributed by atoms with E-state index < -0.39 is 0 Å². The number of thiazole rings is 1. The molecular formula is C22H30N6S. The molecule has 0 spiro atoms. The van der Waals surface area contributed by atoms with Gasteiger partial charge in [0.25, 0.3) is 0 Å². The summed E-state index contributed by atoms with van der Waals surface area (Å²) in [5, 5.41) is 4.70. The first-order valence-corrected chi connectivity index (χ1v) is 11.4. The summed E-state index contributed by atoms with van der Waals surface area (Å²) in [5.74, 6) is 1.68. The van der Waals surface area contributed by atoms with E-state index in [9.17, 15) is 0 Å². The fourth-order valence-corrected chi connectivity index (χ4v) is 4.97. The van der Waals surface area contributed by atoms with Crippen molar-refractivity contribution < 1.29 is 0 Å². The van der Waals surface area contributed by atoms with Gasteiger partial charge in [-0.05, 0) is 37.8 Å². The molecule has 6 nitrogen and oxygen atoms in total. The molecule has 1 aromatic carbocycles. The van der Waals surface area contributed by atoms with Gasteiger partial charge in [0.1, 0.15) is 0 Å². The molecule has 1 fully saturated rings. The third-order valence-electron chi connectivity index (χ3n) is 5.61. The smallest absolute Gasteiger partial charge is 0.193 e. The Balaban J connectivity index is 1.36. The first kappa shape index (κ1) is 19.9. The number of rotatable bonds is 6. The summed E-state index contributed by atoms with van der Waals surface area (Å²) in [4.78, 5) is 16.3. The zero-order valence-electron chi connectivity index (χ0n) is 17.3. The number of aromatic nitrogens is 3. The molecule has 154 valence electrons. The predicted molar refractivity (Wildman–Crippen MR) is 121 cm³/mol. The number of likely N-dealkylation sites (tertiary alicyclic amines) is 1. The molecule has 2 atom stereocenters. The van der Waals surface area contributed by atoms with Gasteiger partial charge in [-0.3, -0.25) is 4.99 Å². The van der Waals surface area contributed by atoms with Crippen LogP contribution in [-0.2, 0) is 6.42 Å². The maximum Gasteiger partial charge on any atom is 0.193 e. The summed E-state index contributed by atoms with van der Waals surface area (Å²) in [6.07, 6.45) is 9.05. The molecule has 1 aliphatic heterocycles. The average molecular weight is 411 g/mol. The molecule has 3 heterocycles. The molecule has 1 saturated heterocycles. The quantitative estimate of drug-likeness (QED) is 0.379. The monoisotopic (exact) mass is 410 g/mol. The van der Waals surface area contributed by atoms with E-state index in [4.69, 9.17) is 9.98 Å². The van der Waals surface area contributed by atoms with Crippen molar-refractivity contribution >= 4 is 27.5 Å². The highest BCUT2D eigenvalue weighted by atomic mass is 32.1. The fraction of sp³-hybridized carbons (Fsp3) is 0.500. The number of aryl methyl sites for hydroxylation is 1. The Labute approximate surface area is 176 Å². The number of para-hydroxylation sites is 1. The van der Waals surface area contributed by atoms with Crippen molar-refractivity contribution in [2.75, 3.05) is 26.2 Å². The first-order chi connectivity index (χ1) is 14.2. The number of fused-ring (bicyclic) bond motifs is 1. The van der Waals surface area contributed by atoms with Crippen LogP contribution in [0.25, 0.3) is 10.2 Å². The Morgan fingerprint density at radius 1 is 1.34 bits per heavy atom. The van der Waals surface area contributed by atoms with Gasteiger partial charge in [-0.15, -0.1) is 11.3 Å². The molecule has 7 heteroatoms. The van der Waals surface area contributed by atoms with E-state index in [0.717, 1.165) is 50.5 Å². The molecule has 0 bridgehead atoms. The second kappa shape index (κ2) is 9.39. The average Bonchev–Trinajstić information content (AvgIpc) is 3.40. The van der Waals surface area contributed by atoms with Crippen LogP contribution in [0.15, 0.2) is 48.0 Å². The number of nitrogens with zero attached hydrogens (tertiary/aromatic N) is 5. The number of hydrogen-bond acceptors (Lipinski definition) is 4. The molecule has 0 radical (unpaired) electrons. The van der Waals surface area contributed by atoms with Crippen LogP contribution in [-0.4, -0.2) is 51.6 Å². The van der Waals surface area contributed by atoms with Crippen molar-refractivity contribution in [2.45, 2.75) is 39.2 Å². The van der Waals surface area contributed by atoms with Crippen molar-refractivity contribution in [3.63, 3.8) is 0 Å².